The monoisotopic (exact) mass is 1020 g/mol. The van der Waals surface area contributed by atoms with Crippen LogP contribution < -0.4 is 9.80 Å². The molecule has 0 saturated carbocycles. The molecule has 0 aromatic heterocycles. The average molecular weight is 1020 g/mol. The molecule has 3 unspecified atom stereocenters. The van der Waals surface area contributed by atoms with Gasteiger partial charge in [-0.25, -0.2) is 0 Å². The van der Waals surface area contributed by atoms with E-state index in [1.165, 1.54) is 169 Å². The second kappa shape index (κ2) is 28.0. The van der Waals surface area contributed by atoms with Crippen molar-refractivity contribution in [3.63, 3.8) is 0 Å². The molecule has 3 atom stereocenters. The molecule has 0 saturated heterocycles. The Kier molecular flexibility index (Phi) is 21.6. The normalized spacial score (nSPS) is 14.1. The van der Waals surface area contributed by atoms with Gasteiger partial charge in [0, 0.05) is 39.5 Å². The van der Waals surface area contributed by atoms with Crippen LogP contribution in [0.25, 0.3) is 11.1 Å². The van der Waals surface area contributed by atoms with E-state index >= 15 is 0 Å². The van der Waals surface area contributed by atoms with E-state index < -0.39 is 0 Å². The van der Waals surface area contributed by atoms with E-state index in [9.17, 15) is 0 Å². The molecule has 0 heterocycles. The van der Waals surface area contributed by atoms with E-state index in [2.05, 4.69) is 226 Å². The number of nitrogens with zero attached hydrogens (tertiary/aromatic N) is 2. The van der Waals surface area contributed by atoms with E-state index in [4.69, 9.17) is 0 Å². The maximum Gasteiger partial charge on any atom is 0.0465 e. The highest BCUT2D eigenvalue weighted by Gasteiger charge is 2.43. The van der Waals surface area contributed by atoms with Gasteiger partial charge in [0.2, 0.25) is 0 Å². The Labute approximate surface area is 465 Å². The Hall–Kier alpha value is -5.08. The number of rotatable bonds is 31. The molecular weight excluding hydrogens is 917 g/mol. The van der Waals surface area contributed by atoms with Gasteiger partial charge in [-0.05, 0) is 185 Å². The van der Waals surface area contributed by atoms with Crippen molar-refractivity contribution in [3.05, 3.63) is 167 Å². The Morgan fingerprint density at radius 1 is 0.382 bits per heavy atom. The smallest absolute Gasteiger partial charge is 0.0465 e. The summed E-state index contributed by atoms with van der Waals surface area (Å²) >= 11 is 0. The van der Waals surface area contributed by atoms with Gasteiger partial charge in [0.05, 0.1) is 0 Å². The quantitative estimate of drug-likeness (QED) is 0.0401. The number of unbranched alkanes of at least 4 members (excludes halogenated alkanes) is 10. The molecule has 0 N–H and O–H groups in total. The molecule has 1 aliphatic rings. The Morgan fingerprint density at radius 2 is 0.724 bits per heavy atom. The molecular formula is C74H102N2. The molecule has 6 aromatic rings. The molecule has 6 aromatic carbocycles. The van der Waals surface area contributed by atoms with Crippen molar-refractivity contribution in [2.75, 3.05) is 9.80 Å². The standard InChI is InChI=1S/C74H102N2/c1-13-21-23-25-27-29-51-74(52-30-28-26-24-22-14-2)71-53-67(75(63-39-31-59(32-40-63)55(9)15-3)65-43-35-61(36-44-65)57(11)58(17-5)18-6)47-49-69(71)70-50-48-68(54-72(70)74)76(64-41-33-60(34-42-64)56(10)16-4)66-45-37-62(38-46-66)73(12,19-7)20-8/h31-50,53-58H,13-30,51-52H2,1-12H3. The van der Waals surface area contributed by atoms with Crippen molar-refractivity contribution in [1.82, 2.24) is 0 Å². The molecule has 7 rings (SSSR count). The summed E-state index contributed by atoms with van der Waals surface area (Å²) in [4.78, 5) is 5.13. The average Bonchev–Trinajstić information content (AvgIpc) is 3.74. The topological polar surface area (TPSA) is 6.48 Å². The van der Waals surface area contributed by atoms with Crippen LogP contribution in [0.2, 0.25) is 0 Å². The van der Waals surface area contributed by atoms with Crippen LogP contribution >= 0.6 is 0 Å². The number of hydrogen-bond donors (Lipinski definition) is 0. The minimum Gasteiger partial charge on any atom is -0.310 e. The lowest BCUT2D eigenvalue weighted by Gasteiger charge is -2.35. The lowest BCUT2D eigenvalue weighted by molar-refractivity contribution is 0.398. The molecule has 0 spiro atoms. The van der Waals surface area contributed by atoms with Crippen LogP contribution in [0, 0.1) is 5.92 Å². The Morgan fingerprint density at radius 3 is 1.08 bits per heavy atom. The van der Waals surface area contributed by atoms with E-state index in [1.54, 1.807) is 0 Å². The molecule has 408 valence electrons. The van der Waals surface area contributed by atoms with Crippen LogP contribution in [-0.2, 0) is 10.8 Å². The van der Waals surface area contributed by atoms with E-state index in [0.29, 0.717) is 23.7 Å². The molecule has 1 aliphatic carbocycles. The second-order valence-corrected chi connectivity index (χ2v) is 23.8. The molecule has 0 bridgehead atoms. The summed E-state index contributed by atoms with van der Waals surface area (Å²) in [6, 6.07) is 53.6. The van der Waals surface area contributed by atoms with E-state index in [0.717, 1.165) is 38.5 Å². The Balaban J connectivity index is 1.42. The predicted octanol–water partition coefficient (Wildman–Crippen LogP) is 24.0. The maximum atomic E-state index is 2.66. The summed E-state index contributed by atoms with van der Waals surface area (Å²) < 4.78 is 0. The summed E-state index contributed by atoms with van der Waals surface area (Å²) in [5.74, 6) is 2.26. The van der Waals surface area contributed by atoms with Crippen molar-refractivity contribution in [2.24, 2.45) is 5.92 Å². The maximum absolute atomic E-state index is 2.66. The van der Waals surface area contributed by atoms with Gasteiger partial charge in [0.15, 0.2) is 0 Å². The highest BCUT2D eigenvalue weighted by Crippen LogP contribution is 2.57. The van der Waals surface area contributed by atoms with Gasteiger partial charge in [-0.2, -0.15) is 0 Å². The zero-order valence-electron chi connectivity index (χ0n) is 50.0. The van der Waals surface area contributed by atoms with Crippen molar-refractivity contribution in [3.8, 4) is 11.1 Å². The third-order valence-electron chi connectivity index (χ3n) is 19.2. The SMILES string of the molecule is CCCCCCCCC1(CCCCCCCC)c2cc(N(c3ccc(C(C)CC)cc3)c3ccc(C(C)C(CC)CC)cc3)ccc2-c2ccc(N(c3ccc(C(C)CC)cc3)c3ccc(C(C)(CC)CC)cc3)cc21. The van der Waals surface area contributed by atoms with Gasteiger partial charge < -0.3 is 9.80 Å². The molecule has 0 aliphatic heterocycles. The summed E-state index contributed by atoms with van der Waals surface area (Å²) in [6.07, 6.45) is 24.8. The van der Waals surface area contributed by atoms with Crippen LogP contribution in [0.15, 0.2) is 133 Å². The minimum absolute atomic E-state index is 0.118. The summed E-state index contributed by atoms with van der Waals surface area (Å²) in [7, 11) is 0. The second-order valence-electron chi connectivity index (χ2n) is 23.8. The molecule has 0 amide bonds. The van der Waals surface area contributed by atoms with Crippen molar-refractivity contribution in [2.45, 2.75) is 240 Å². The number of anilines is 6. The largest absolute Gasteiger partial charge is 0.310 e. The van der Waals surface area contributed by atoms with Crippen molar-refractivity contribution >= 4 is 34.1 Å². The van der Waals surface area contributed by atoms with Gasteiger partial charge in [0.1, 0.15) is 0 Å². The number of fused-ring (bicyclic) bond motifs is 3. The van der Waals surface area contributed by atoms with Gasteiger partial charge in [-0.3, -0.25) is 0 Å². The fourth-order valence-electron chi connectivity index (χ4n) is 13.0. The number of hydrogen-bond acceptors (Lipinski definition) is 2. The zero-order chi connectivity index (χ0) is 54.2. The first kappa shape index (κ1) is 58.6. The molecule has 2 nitrogen and oxygen atoms in total. The molecule has 76 heavy (non-hydrogen) atoms. The molecule has 0 radical (unpaired) electrons. The van der Waals surface area contributed by atoms with Gasteiger partial charge in [-0.15, -0.1) is 0 Å². The van der Waals surface area contributed by atoms with E-state index in [-0.39, 0.29) is 10.8 Å². The van der Waals surface area contributed by atoms with Gasteiger partial charge >= 0.3 is 0 Å². The first-order valence-corrected chi connectivity index (χ1v) is 31.2. The zero-order valence-corrected chi connectivity index (χ0v) is 50.0. The fourth-order valence-corrected chi connectivity index (χ4v) is 13.0. The minimum atomic E-state index is -0.118. The van der Waals surface area contributed by atoms with Crippen LogP contribution in [0.3, 0.4) is 0 Å². The van der Waals surface area contributed by atoms with Crippen LogP contribution in [-0.4, -0.2) is 0 Å². The molecule has 2 heteroatoms. The summed E-state index contributed by atoms with van der Waals surface area (Å²) in [5.41, 5.74) is 19.1. The summed E-state index contributed by atoms with van der Waals surface area (Å²) in [5, 5.41) is 0. The first-order chi connectivity index (χ1) is 36.9. The summed E-state index contributed by atoms with van der Waals surface area (Å²) in [6.45, 7) is 28.3. The lowest BCUT2D eigenvalue weighted by atomic mass is 9.70. The van der Waals surface area contributed by atoms with Crippen LogP contribution in [0.1, 0.15) is 263 Å². The van der Waals surface area contributed by atoms with Gasteiger partial charge in [-0.1, -0.05) is 234 Å². The van der Waals surface area contributed by atoms with Crippen molar-refractivity contribution in [1.29, 1.82) is 0 Å². The van der Waals surface area contributed by atoms with Crippen LogP contribution in [0.5, 0.6) is 0 Å². The predicted molar refractivity (Wildman–Crippen MR) is 336 cm³/mol. The van der Waals surface area contributed by atoms with Crippen molar-refractivity contribution < 1.29 is 0 Å². The van der Waals surface area contributed by atoms with Crippen LogP contribution in [0.4, 0.5) is 34.1 Å². The Bertz CT molecular complexity index is 2630. The van der Waals surface area contributed by atoms with Gasteiger partial charge in [0.25, 0.3) is 0 Å². The highest BCUT2D eigenvalue weighted by atomic mass is 15.1. The third kappa shape index (κ3) is 13.2. The third-order valence-corrected chi connectivity index (χ3v) is 19.2. The fraction of sp³-hybridized carbons (Fsp3) is 0.514. The molecule has 0 fully saturated rings. The highest BCUT2D eigenvalue weighted by molar-refractivity contribution is 5.88. The van der Waals surface area contributed by atoms with E-state index in [1.807, 2.05) is 0 Å². The number of benzene rings is 6. The lowest BCUT2D eigenvalue weighted by Crippen LogP contribution is -2.26. The first-order valence-electron chi connectivity index (χ1n) is 31.2.